The fourth-order valence-electron chi connectivity index (χ4n) is 2.85. The van der Waals surface area contributed by atoms with Gasteiger partial charge in [-0.15, -0.1) is 11.6 Å². The average Bonchev–Trinajstić information content (AvgIpc) is 2.83. The SMILES string of the molecule is CCOC(=O)n1cc(C(F)(F)F)c2cc(C3(Cl)CCC3)ccc21. The molecule has 0 atom stereocenters. The van der Waals surface area contributed by atoms with Crippen LogP contribution in [0.1, 0.15) is 37.3 Å². The number of nitrogens with zero attached hydrogens (tertiary/aromatic N) is 1. The van der Waals surface area contributed by atoms with E-state index in [-0.39, 0.29) is 17.5 Å². The van der Waals surface area contributed by atoms with Crippen molar-refractivity contribution in [3.8, 4) is 0 Å². The van der Waals surface area contributed by atoms with E-state index in [1.165, 1.54) is 12.1 Å². The van der Waals surface area contributed by atoms with E-state index in [1.54, 1.807) is 13.0 Å². The molecule has 0 bridgehead atoms. The zero-order valence-corrected chi connectivity index (χ0v) is 13.2. The molecule has 7 heteroatoms. The Kier molecular flexibility index (Phi) is 3.83. The minimum atomic E-state index is -4.56. The number of hydrogen-bond acceptors (Lipinski definition) is 2. The van der Waals surface area contributed by atoms with Gasteiger partial charge in [-0.1, -0.05) is 6.07 Å². The number of halogens is 4. The molecular weight excluding hydrogens is 331 g/mol. The molecule has 1 aromatic carbocycles. The number of fused-ring (bicyclic) bond motifs is 1. The quantitative estimate of drug-likeness (QED) is 0.693. The van der Waals surface area contributed by atoms with Gasteiger partial charge in [-0.2, -0.15) is 13.2 Å². The Morgan fingerprint density at radius 3 is 2.61 bits per heavy atom. The highest BCUT2D eigenvalue weighted by molar-refractivity contribution is 6.24. The molecule has 1 aliphatic carbocycles. The smallest absolute Gasteiger partial charge is 0.418 e. The van der Waals surface area contributed by atoms with Crippen molar-refractivity contribution in [2.75, 3.05) is 6.61 Å². The maximum absolute atomic E-state index is 13.3. The number of alkyl halides is 4. The molecule has 0 radical (unpaired) electrons. The summed E-state index contributed by atoms with van der Waals surface area (Å²) < 4.78 is 45.6. The molecule has 23 heavy (non-hydrogen) atoms. The third kappa shape index (κ3) is 2.69. The predicted octanol–water partition coefficient (Wildman–Crippen LogP) is 5.28. The lowest BCUT2D eigenvalue weighted by molar-refractivity contribution is -0.136. The fraction of sp³-hybridized carbons (Fsp3) is 0.438. The molecule has 0 saturated heterocycles. The molecule has 3 rings (SSSR count). The van der Waals surface area contributed by atoms with Gasteiger partial charge in [-0.05, 0) is 43.9 Å². The number of hydrogen-bond donors (Lipinski definition) is 0. The van der Waals surface area contributed by atoms with Crippen molar-refractivity contribution < 1.29 is 22.7 Å². The first-order valence-corrected chi connectivity index (χ1v) is 7.73. The molecule has 124 valence electrons. The Balaban J connectivity index is 2.19. The topological polar surface area (TPSA) is 31.2 Å². The largest absolute Gasteiger partial charge is 0.449 e. The van der Waals surface area contributed by atoms with Gasteiger partial charge in [0.15, 0.2) is 0 Å². The first-order valence-electron chi connectivity index (χ1n) is 7.35. The van der Waals surface area contributed by atoms with Gasteiger partial charge in [-0.25, -0.2) is 4.79 Å². The molecule has 0 amide bonds. The van der Waals surface area contributed by atoms with Crippen molar-refractivity contribution in [2.45, 2.75) is 37.2 Å². The van der Waals surface area contributed by atoms with Crippen molar-refractivity contribution in [3.05, 3.63) is 35.5 Å². The third-order valence-electron chi connectivity index (χ3n) is 4.24. The van der Waals surface area contributed by atoms with Crippen LogP contribution in [0.4, 0.5) is 18.0 Å². The summed E-state index contributed by atoms with van der Waals surface area (Å²) in [7, 11) is 0. The van der Waals surface area contributed by atoms with Crippen molar-refractivity contribution in [1.29, 1.82) is 0 Å². The molecule has 0 spiro atoms. The Morgan fingerprint density at radius 2 is 2.09 bits per heavy atom. The molecule has 0 unspecified atom stereocenters. The van der Waals surface area contributed by atoms with Gasteiger partial charge in [0.25, 0.3) is 0 Å². The normalized spacial score (nSPS) is 17.1. The minimum Gasteiger partial charge on any atom is -0.449 e. The van der Waals surface area contributed by atoms with Crippen LogP contribution < -0.4 is 0 Å². The van der Waals surface area contributed by atoms with Crippen LogP contribution in [0.5, 0.6) is 0 Å². The first kappa shape index (κ1) is 16.2. The standard InChI is InChI=1S/C16H15ClF3NO2/c1-2-23-14(22)21-9-12(16(18,19)20)11-8-10(4-5-13(11)21)15(17)6-3-7-15/h4-5,8-9H,2-3,6-7H2,1H3. The van der Waals surface area contributed by atoms with Crippen LogP contribution in [0.15, 0.2) is 24.4 Å². The van der Waals surface area contributed by atoms with Crippen LogP contribution in [0, 0.1) is 0 Å². The van der Waals surface area contributed by atoms with Gasteiger partial charge in [0, 0.05) is 11.6 Å². The summed E-state index contributed by atoms with van der Waals surface area (Å²) >= 11 is 6.44. The third-order valence-corrected chi connectivity index (χ3v) is 4.83. The van der Waals surface area contributed by atoms with E-state index in [2.05, 4.69) is 0 Å². The van der Waals surface area contributed by atoms with Gasteiger partial charge in [-0.3, -0.25) is 4.57 Å². The van der Waals surface area contributed by atoms with Gasteiger partial charge in [0.05, 0.1) is 22.6 Å². The number of benzene rings is 1. The fourth-order valence-corrected chi connectivity index (χ4v) is 3.24. The maximum atomic E-state index is 13.3. The molecule has 2 aromatic rings. The summed E-state index contributed by atoms with van der Waals surface area (Å²) in [6.45, 7) is 1.68. The number of carbonyl (C=O) groups excluding carboxylic acids is 1. The molecule has 0 N–H and O–H groups in total. The highest BCUT2D eigenvalue weighted by Crippen LogP contribution is 2.48. The first-order chi connectivity index (χ1) is 10.8. The van der Waals surface area contributed by atoms with Gasteiger partial charge in [0.2, 0.25) is 0 Å². The number of carbonyl (C=O) groups is 1. The minimum absolute atomic E-state index is 0.0324. The Hall–Kier alpha value is -1.69. The van der Waals surface area contributed by atoms with Crippen molar-refractivity contribution in [3.63, 3.8) is 0 Å². The van der Waals surface area contributed by atoms with Crippen LogP contribution in [-0.4, -0.2) is 17.3 Å². The molecule has 1 aliphatic rings. The molecular formula is C16H15ClF3NO2. The number of rotatable bonds is 2. The average molecular weight is 346 g/mol. The second-order valence-corrected chi connectivity index (χ2v) is 6.38. The summed E-state index contributed by atoms with van der Waals surface area (Å²) in [4.78, 5) is 11.3. The summed E-state index contributed by atoms with van der Waals surface area (Å²) in [6.07, 6.45) is -2.18. The molecule has 1 saturated carbocycles. The second kappa shape index (κ2) is 5.44. The van der Waals surface area contributed by atoms with Crippen LogP contribution in [0.25, 0.3) is 10.9 Å². The van der Waals surface area contributed by atoms with E-state index in [1.807, 2.05) is 0 Å². The van der Waals surface area contributed by atoms with E-state index in [4.69, 9.17) is 16.3 Å². The monoisotopic (exact) mass is 345 g/mol. The summed E-state index contributed by atoms with van der Waals surface area (Å²) in [5.41, 5.74) is -0.0360. The number of aromatic nitrogens is 1. The Morgan fingerprint density at radius 1 is 1.39 bits per heavy atom. The van der Waals surface area contributed by atoms with Crippen LogP contribution >= 0.6 is 11.6 Å². The van der Waals surface area contributed by atoms with Crippen molar-refractivity contribution in [1.82, 2.24) is 4.57 Å². The van der Waals surface area contributed by atoms with Crippen molar-refractivity contribution in [2.24, 2.45) is 0 Å². The van der Waals surface area contributed by atoms with E-state index in [0.717, 1.165) is 30.0 Å². The van der Waals surface area contributed by atoms with Crippen LogP contribution in [0.3, 0.4) is 0 Å². The molecule has 0 aliphatic heterocycles. The highest BCUT2D eigenvalue weighted by atomic mass is 35.5. The van der Waals surface area contributed by atoms with Gasteiger partial charge < -0.3 is 4.74 Å². The van der Waals surface area contributed by atoms with Gasteiger partial charge >= 0.3 is 12.3 Å². The zero-order valence-electron chi connectivity index (χ0n) is 12.4. The molecule has 3 nitrogen and oxygen atoms in total. The lowest BCUT2D eigenvalue weighted by atomic mass is 9.78. The lowest BCUT2D eigenvalue weighted by Gasteiger charge is -2.36. The summed E-state index contributed by atoms with van der Waals surface area (Å²) in [5.74, 6) is 0. The van der Waals surface area contributed by atoms with Crippen LogP contribution in [0.2, 0.25) is 0 Å². The van der Waals surface area contributed by atoms with E-state index >= 15 is 0 Å². The summed E-state index contributed by atoms with van der Waals surface area (Å²) in [6, 6.07) is 4.63. The zero-order chi connectivity index (χ0) is 16.8. The predicted molar refractivity (Wildman–Crippen MR) is 80.7 cm³/mol. The van der Waals surface area contributed by atoms with E-state index < -0.39 is 22.7 Å². The van der Waals surface area contributed by atoms with E-state index in [9.17, 15) is 18.0 Å². The maximum Gasteiger partial charge on any atom is 0.418 e. The molecule has 1 heterocycles. The Labute approximate surface area is 136 Å². The Bertz CT molecular complexity index is 763. The second-order valence-electron chi connectivity index (χ2n) is 5.66. The molecule has 1 aromatic heterocycles. The van der Waals surface area contributed by atoms with E-state index in [0.29, 0.717) is 5.56 Å². The highest BCUT2D eigenvalue weighted by Gasteiger charge is 2.39. The van der Waals surface area contributed by atoms with Crippen molar-refractivity contribution >= 4 is 28.6 Å². The van der Waals surface area contributed by atoms with Crippen LogP contribution in [-0.2, 0) is 15.8 Å². The summed E-state index contributed by atoms with van der Waals surface area (Å²) in [5, 5.41) is -0.0324. The lowest BCUT2D eigenvalue weighted by Crippen LogP contribution is -2.27. The molecule has 1 fully saturated rings. The van der Waals surface area contributed by atoms with Gasteiger partial charge in [0.1, 0.15) is 0 Å². The number of ether oxygens (including phenoxy) is 1.